The summed E-state index contributed by atoms with van der Waals surface area (Å²) in [7, 11) is -4.12. The van der Waals surface area contributed by atoms with Crippen LogP contribution in [0.4, 0.5) is 5.69 Å². The first kappa shape index (κ1) is 30.6. The highest BCUT2D eigenvalue weighted by Gasteiger charge is 2.33. The van der Waals surface area contributed by atoms with Crippen molar-refractivity contribution in [2.45, 2.75) is 69.4 Å². The molecule has 1 saturated carbocycles. The van der Waals surface area contributed by atoms with E-state index in [1.807, 2.05) is 37.3 Å². The van der Waals surface area contributed by atoms with E-state index in [2.05, 4.69) is 5.32 Å². The Balaban J connectivity index is 1.63. The number of amides is 2. The van der Waals surface area contributed by atoms with Gasteiger partial charge in [0.1, 0.15) is 12.6 Å². The summed E-state index contributed by atoms with van der Waals surface area (Å²) < 4.78 is 28.8. The normalized spacial score (nSPS) is 14.7. The fourth-order valence-corrected chi connectivity index (χ4v) is 6.65. The first-order valence-electron chi connectivity index (χ1n) is 14.1. The zero-order valence-corrected chi connectivity index (χ0v) is 25.2. The molecule has 0 radical (unpaired) electrons. The fourth-order valence-electron chi connectivity index (χ4n) is 5.11. The maximum atomic E-state index is 14.0. The summed E-state index contributed by atoms with van der Waals surface area (Å²) in [4.78, 5) is 28.9. The first-order valence-corrected chi connectivity index (χ1v) is 16.0. The summed E-state index contributed by atoms with van der Waals surface area (Å²) in [6.07, 6.45) is 5.70. The summed E-state index contributed by atoms with van der Waals surface area (Å²) in [5.74, 6) is -0.675. The average molecular weight is 596 g/mol. The molecule has 3 aromatic carbocycles. The number of hydrogen-bond donors (Lipinski definition) is 1. The van der Waals surface area contributed by atoms with E-state index >= 15 is 0 Å². The standard InChI is InChI=1S/C32H38ClN3O4S/c1-24-13-17-29(18-14-24)36(41(39,40)30-19-15-27(33)16-20-30)23-31(37)35(22-21-26-9-5-3-6-10-26)25(2)32(38)34-28-11-7-4-8-12-28/h3,5-6,9-10,13-20,25,28H,4,7-8,11-12,21-23H2,1-2H3,(H,34,38)/t25-/m0/s1. The maximum absolute atomic E-state index is 14.0. The highest BCUT2D eigenvalue weighted by Crippen LogP contribution is 2.26. The van der Waals surface area contributed by atoms with Crippen LogP contribution in [0.5, 0.6) is 0 Å². The van der Waals surface area contributed by atoms with E-state index in [4.69, 9.17) is 11.6 Å². The van der Waals surface area contributed by atoms with Crippen molar-refractivity contribution in [1.82, 2.24) is 10.2 Å². The van der Waals surface area contributed by atoms with Gasteiger partial charge >= 0.3 is 0 Å². The molecule has 218 valence electrons. The minimum absolute atomic E-state index is 0.0224. The van der Waals surface area contributed by atoms with Crippen molar-refractivity contribution in [2.75, 3.05) is 17.4 Å². The molecule has 1 fully saturated rings. The second-order valence-corrected chi connectivity index (χ2v) is 12.9. The second kappa shape index (κ2) is 14.0. The van der Waals surface area contributed by atoms with Gasteiger partial charge in [0.15, 0.2) is 0 Å². The molecular formula is C32H38ClN3O4S. The van der Waals surface area contributed by atoms with E-state index in [-0.39, 0.29) is 23.4 Å². The molecule has 0 aliphatic heterocycles. The van der Waals surface area contributed by atoms with Crippen LogP contribution in [-0.2, 0) is 26.0 Å². The number of carbonyl (C=O) groups is 2. The molecule has 0 spiro atoms. The van der Waals surface area contributed by atoms with Gasteiger partial charge in [-0.15, -0.1) is 0 Å². The Labute approximate surface area is 248 Å². The molecule has 9 heteroatoms. The molecule has 7 nitrogen and oxygen atoms in total. The van der Waals surface area contributed by atoms with Crippen molar-refractivity contribution in [3.8, 4) is 0 Å². The van der Waals surface area contributed by atoms with Gasteiger partial charge in [-0.3, -0.25) is 13.9 Å². The monoisotopic (exact) mass is 595 g/mol. The highest BCUT2D eigenvalue weighted by atomic mass is 35.5. The third kappa shape index (κ3) is 8.11. The number of halogens is 1. The van der Waals surface area contributed by atoms with Crippen molar-refractivity contribution in [2.24, 2.45) is 0 Å². The molecule has 41 heavy (non-hydrogen) atoms. The lowest BCUT2D eigenvalue weighted by molar-refractivity contribution is -0.139. The van der Waals surface area contributed by atoms with Crippen LogP contribution in [0.15, 0.2) is 83.8 Å². The molecule has 1 atom stereocenters. The topological polar surface area (TPSA) is 86.8 Å². The van der Waals surface area contributed by atoms with E-state index < -0.39 is 28.5 Å². The lowest BCUT2D eigenvalue weighted by atomic mass is 9.95. The second-order valence-electron chi connectivity index (χ2n) is 10.6. The molecule has 0 unspecified atom stereocenters. The van der Waals surface area contributed by atoms with Crippen LogP contribution in [0.1, 0.15) is 50.2 Å². The van der Waals surface area contributed by atoms with Gasteiger partial charge in [0.2, 0.25) is 11.8 Å². The fraction of sp³-hybridized carbons (Fsp3) is 0.375. The van der Waals surface area contributed by atoms with Gasteiger partial charge in [-0.1, -0.05) is 78.9 Å². The number of benzene rings is 3. The van der Waals surface area contributed by atoms with E-state index in [0.717, 1.165) is 41.1 Å². The number of nitrogens with zero attached hydrogens (tertiary/aromatic N) is 2. The van der Waals surface area contributed by atoms with Crippen LogP contribution >= 0.6 is 11.6 Å². The number of rotatable bonds is 11. The van der Waals surface area contributed by atoms with Crippen molar-refractivity contribution in [1.29, 1.82) is 0 Å². The number of carbonyl (C=O) groups excluding carboxylic acids is 2. The molecule has 0 aromatic heterocycles. The third-order valence-corrected chi connectivity index (χ3v) is 9.65. The van der Waals surface area contributed by atoms with Crippen LogP contribution in [0.2, 0.25) is 5.02 Å². The Morgan fingerprint density at radius 1 is 0.927 bits per heavy atom. The summed E-state index contributed by atoms with van der Waals surface area (Å²) in [5, 5.41) is 3.54. The van der Waals surface area contributed by atoms with Crippen molar-refractivity contribution in [3.63, 3.8) is 0 Å². The average Bonchev–Trinajstić information content (AvgIpc) is 2.97. The highest BCUT2D eigenvalue weighted by molar-refractivity contribution is 7.92. The van der Waals surface area contributed by atoms with Gasteiger partial charge < -0.3 is 10.2 Å². The summed E-state index contributed by atoms with van der Waals surface area (Å²) >= 11 is 6.01. The Morgan fingerprint density at radius 2 is 1.56 bits per heavy atom. The smallest absolute Gasteiger partial charge is 0.264 e. The number of sulfonamides is 1. The Morgan fingerprint density at radius 3 is 2.20 bits per heavy atom. The van der Waals surface area contributed by atoms with E-state index in [0.29, 0.717) is 17.1 Å². The zero-order valence-electron chi connectivity index (χ0n) is 23.6. The van der Waals surface area contributed by atoms with Gasteiger partial charge in [0, 0.05) is 17.6 Å². The molecule has 1 aliphatic rings. The Hall–Kier alpha value is -3.36. The molecule has 1 N–H and O–H groups in total. The van der Waals surface area contributed by atoms with Crippen LogP contribution < -0.4 is 9.62 Å². The Bertz CT molecular complexity index is 1410. The van der Waals surface area contributed by atoms with Gasteiger partial charge in [-0.2, -0.15) is 0 Å². The maximum Gasteiger partial charge on any atom is 0.264 e. The number of anilines is 1. The molecule has 0 heterocycles. The molecule has 1 aliphatic carbocycles. The molecule has 2 amide bonds. The van der Waals surface area contributed by atoms with Crippen LogP contribution in [0.25, 0.3) is 0 Å². The van der Waals surface area contributed by atoms with E-state index in [1.54, 1.807) is 31.2 Å². The Kier molecular flexibility index (Phi) is 10.5. The largest absolute Gasteiger partial charge is 0.352 e. The van der Waals surface area contributed by atoms with Crippen LogP contribution in [0.3, 0.4) is 0 Å². The van der Waals surface area contributed by atoms with Gasteiger partial charge in [0.05, 0.1) is 10.6 Å². The summed E-state index contributed by atoms with van der Waals surface area (Å²) in [6, 6.07) is 21.9. The quantitative estimate of drug-likeness (QED) is 0.306. The summed E-state index contributed by atoms with van der Waals surface area (Å²) in [5.41, 5.74) is 2.34. The predicted molar refractivity (Wildman–Crippen MR) is 163 cm³/mol. The van der Waals surface area contributed by atoms with Crippen molar-refractivity contribution < 1.29 is 18.0 Å². The van der Waals surface area contributed by atoms with Crippen LogP contribution in [0, 0.1) is 6.92 Å². The first-order chi connectivity index (χ1) is 19.6. The van der Waals surface area contributed by atoms with Gasteiger partial charge in [-0.25, -0.2) is 8.42 Å². The summed E-state index contributed by atoms with van der Waals surface area (Å²) in [6.45, 7) is 3.44. The third-order valence-electron chi connectivity index (χ3n) is 7.61. The number of hydrogen-bond acceptors (Lipinski definition) is 4. The zero-order chi connectivity index (χ0) is 29.4. The molecule has 0 bridgehead atoms. The molecular weight excluding hydrogens is 558 g/mol. The molecule has 3 aromatic rings. The lowest BCUT2D eigenvalue weighted by Crippen LogP contribution is -2.53. The SMILES string of the molecule is Cc1ccc(N(CC(=O)N(CCc2ccccc2)[C@@H](C)C(=O)NC2CCCCC2)S(=O)(=O)c2ccc(Cl)cc2)cc1. The minimum atomic E-state index is -4.12. The predicted octanol–water partition coefficient (Wildman–Crippen LogP) is 5.75. The molecule has 4 rings (SSSR count). The van der Waals surface area contributed by atoms with Crippen LogP contribution in [-0.4, -0.2) is 50.3 Å². The minimum Gasteiger partial charge on any atom is -0.352 e. The van der Waals surface area contributed by atoms with E-state index in [9.17, 15) is 18.0 Å². The number of nitrogens with one attached hydrogen (secondary N) is 1. The van der Waals surface area contributed by atoms with Gasteiger partial charge in [0.25, 0.3) is 10.0 Å². The number of aryl methyl sites for hydroxylation is 1. The van der Waals surface area contributed by atoms with Gasteiger partial charge in [-0.05, 0) is 75.1 Å². The van der Waals surface area contributed by atoms with Crippen molar-refractivity contribution >= 4 is 39.1 Å². The van der Waals surface area contributed by atoms with E-state index in [1.165, 1.54) is 35.6 Å². The lowest BCUT2D eigenvalue weighted by Gasteiger charge is -2.33. The molecule has 0 saturated heterocycles. The van der Waals surface area contributed by atoms with Crippen molar-refractivity contribution in [3.05, 3.63) is 95.0 Å².